The lowest BCUT2D eigenvalue weighted by Crippen LogP contribution is -2.39. The number of nitrogens with one attached hydrogen (secondary N) is 1. The van der Waals surface area contributed by atoms with Crippen LogP contribution in [0, 0.1) is 0 Å². The van der Waals surface area contributed by atoms with Crippen LogP contribution in [-0.2, 0) is 6.54 Å². The summed E-state index contributed by atoms with van der Waals surface area (Å²) in [6.07, 6.45) is 6.46. The summed E-state index contributed by atoms with van der Waals surface area (Å²) in [6, 6.07) is 1.13. The standard InChI is InChI=1S/C16H29N5/c1-5-21-8-6-7-15(21)12-20(4)16-18-10-14(11-19-16)9-17-13(2)3/h10-11,13,15,17H,5-9,12H2,1-4H3. The van der Waals surface area contributed by atoms with Crippen LogP contribution in [-0.4, -0.2) is 53.6 Å². The smallest absolute Gasteiger partial charge is 0.225 e. The van der Waals surface area contributed by atoms with E-state index < -0.39 is 0 Å². The lowest BCUT2D eigenvalue weighted by Gasteiger charge is -2.27. The Morgan fingerprint density at radius 1 is 1.38 bits per heavy atom. The van der Waals surface area contributed by atoms with Crippen molar-refractivity contribution < 1.29 is 0 Å². The van der Waals surface area contributed by atoms with Gasteiger partial charge in [-0.3, -0.25) is 4.90 Å². The summed E-state index contributed by atoms with van der Waals surface area (Å²) in [6.45, 7) is 10.7. The molecule has 0 radical (unpaired) electrons. The van der Waals surface area contributed by atoms with E-state index in [-0.39, 0.29) is 0 Å². The second-order valence-corrected chi connectivity index (χ2v) is 6.23. The molecule has 5 heteroatoms. The van der Waals surface area contributed by atoms with E-state index in [1.165, 1.54) is 19.4 Å². The molecule has 1 unspecified atom stereocenters. The molecule has 0 aromatic carbocycles. The molecule has 5 nitrogen and oxygen atoms in total. The molecule has 1 aromatic heterocycles. The molecule has 1 saturated heterocycles. The molecule has 21 heavy (non-hydrogen) atoms. The molecule has 0 saturated carbocycles. The van der Waals surface area contributed by atoms with Crippen molar-refractivity contribution in [3.63, 3.8) is 0 Å². The van der Waals surface area contributed by atoms with E-state index in [4.69, 9.17) is 0 Å². The third kappa shape index (κ3) is 4.64. The van der Waals surface area contributed by atoms with Crippen molar-refractivity contribution in [2.45, 2.75) is 52.2 Å². The zero-order valence-corrected chi connectivity index (χ0v) is 13.8. The van der Waals surface area contributed by atoms with Crippen LogP contribution in [0.15, 0.2) is 12.4 Å². The fraction of sp³-hybridized carbons (Fsp3) is 0.750. The van der Waals surface area contributed by atoms with Crippen LogP contribution >= 0.6 is 0 Å². The largest absolute Gasteiger partial charge is 0.342 e. The average Bonchev–Trinajstić information content (AvgIpc) is 2.92. The van der Waals surface area contributed by atoms with E-state index in [0.29, 0.717) is 12.1 Å². The maximum atomic E-state index is 4.51. The van der Waals surface area contributed by atoms with E-state index in [1.54, 1.807) is 0 Å². The van der Waals surface area contributed by atoms with E-state index in [1.807, 2.05) is 12.4 Å². The van der Waals surface area contributed by atoms with Gasteiger partial charge in [0.25, 0.3) is 0 Å². The normalized spacial score (nSPS) is 19.4. The van der Waals surface area contributed by atoms with E-state index in [9.17, 15) is 0 Å². The Morgan fingerprint density at radius 3 is 2.71 bits per heavy atom. The predicted octanol–water partition coefficient (Wildman–Crippen LogP) is 1.90. The first-order valence-electron chi connectivity index (χ1n) is 8.09. The van der Waals surface area contributed by atoms with Crippen molar-refractivity contribution in [1.29, 1.82) is 0 Å². The van der Waals surface area contributed by atoms with Crippen molar-refractivity contribution in [3.8, 4) is 0 Å². The van der Waals surface area contributed by atoms with Crippen molar-refractivity contribution in [1.82, 2.24) is 20.2 Å². The van der Waals surface area contributed by atoms with Crippen LogP contribution in [0.5, 0.6) is 0 Å². The minimum atomic E-state index is 0.481. The van der Waals surface area contributed by atoms with Gasteiger partial charge in [0.15, 0.2) is 0 Å². The summed E-state index contributed by atoms with van der Waals surface area (Å²) in [5.74, 6) is 0.825. The van der Waals surface area contributed by atoms with Gasteiger partial charge in [-0.1, -0.05) is 20.8 Å². The van der Waals surface area contributed by atoms with Crippen LogP contribution in [0.4, 0.5) is 5.95 Å². The van der Waals surface area contributed by atoms with Gasteiger partial charge in [-0.25, -0.2) is 9.97 Å². The van der Waals surface area contributed by atoms with Gasteiger partial charge in [-0.2, -0.15) is 0 Å². The zero-order chi connectivity index (χ0) is 15.2. The number of anilines is 1. The van der Waals surface area contributed by atoms with Gasteiger partial charge >= 0.3 is 0 Å². The molecule has 1 aromatic rings. The molecule has 2 heterocycles. The number of rotatable bonds is 7. The Labute approximate surface area is 128 Å². The first-order chi connectivity index (χ1) is 10.1. The van der Waals surface area contributed by atoms with E-state index in [2.05, 4.69) is 52.9 Å². The molecule has 1 N–H and O–H groups in total. The first-order valence-corrected chi connectivity index (χ1v) is 8.09. The molecule has 2 rings (SSSR count). The highest BCUT2D eigenvalue weighted by Gasteiger charge is 2.24. The molecule has 1 fully saturated rings. The Hall–Kier alpha value is -1.20. The number of likely N-dealkylation sites (N-methyl/N-ethyl adjacent to an activating group) is 2. The van der Waals surface area contributed by atoms with Crippen LogP contribution in [0.3, 0.4) is 0 Å². The van der Waals surface area contributed by atoms with Gasteiger partial charge in [-0.15, -0.1) is 0 Å². The SMILES string of the molecule is CCN1CCCC1CN(C)c1ncc(CNC(C)C)cn1. The second-order valence-electron chi connectivity index (χ2n) is 6.23. The lowest BCUT2D eigenvalue weighted by molar-refractivity contribution is 0.270. The highest BCUT2D eigenvalue weighted by atomic mass is 15.3. The van der Waals surface area contributed by atoms with Gasteiger partial charge < -0.3 is 10.2 Å². The van der Waals surface area contributed by atoms with Crippen molar-refractivity contribution >= 4 is 5.95 Å². The maximum absolute atomic E-state index is 4.51. The fourth-order valence-corrected chi connectivity index (χ4v) is 2.87. The Balaban J connectivity index is 1.88. The molecule has 118 valence electrons. The molecule has 1 aliphatic rings. The quantitative estimate of drug-likeness (QED) is 0.831. The van der Waals surface area contributed by atoms with Crippen molar-refractivity contribution in [2.75, 3.05) is 31.6 Å². The summed E-state index contributed by atoms with van der Waals surface area (Å²) in [7, 11) is 2.09. The number of aromatic nitrogens is 2. The van der Waals surface area contributed by atoms with Crippen LogP contribution in [0.25, 0.3) is 0 Å². The van der Waals surface area contributed by atoms with Gasteiger partial charge in [0.1, 0.15) is 0 Å². The Morgan fingerprint density at radius 2 is 2.10 bits per heavy atom. The van der Waals surface area contributed by atoms with Crippen LogP contribution in [0.2, 0.25) is 0 Å². The third-order valence-electron chi connectivity index (χ3n) is 4.14. The Kier molecular flexibility index (Phi) is 5.94. The molecule has 1 atom stereocenters. The summed E-state index contributed by atoms with van der Waals surface area (Å²) >= 11 is 0. The van der Waals surface area contributed by atoms with E-state index >= 15 is 0 Å². The number of hydrogen-bond acceptors (Lipinski definition) is 5. The monoisotopic (exact) mass is 291 g/mol. The van der Waals surface area contributed by atoms with Crippen LogP contribution < -0.4 is 10.2 Å². The highest BCUT2D eigenvalue weighted by molar-refractivity contribution is 5.28. The fourth-order valence-electron chi connectivity index (χ4n) is 2.87. The summed E-state index contributed by atoms with van der Waals surface area (Å²) in [4.78, 5) is 13.7. The summed E-state index contributed by atoms with van der Waals surface area (Å²) in [5, 5.41) is 3.38. The molecule has 1 aliphatic heterocycles. The predicted molar refractivity (Wildman–Crippen MR) is 87.5 cm³/mol. The average molecular weight is 291 g/mol. The molecular weight excluding hydrogens is 262 g/mol. The number of nitrogens with zero attached hydrogens (tertiary/aromatic N) is 4. The van der Waals surface area contributed by atoms with Crippen molar-refractivity contribution in [2.24, 2.45) is 0 Å². The van der Waals surface area contributed by atoms with E-state index in [0.717, 1.165) is 31.1 Å². The minimum Gasteiger partial charge on any atom is -0.342 e. The highest BCUT2D eigenvalue weighted by Crippen LogP contribution is 2.18. The topological polar surface area (TPSA) is 44.3 Å². The lowest BCUT2D eigenvalue weighted by atomic mass is 10.2. The van der Waals surface area contributed by atoms with Gasteiger partial charge in [-0.05, 0) is 25.9 Å². The number of hydrogen-bond donors (Lipinski definition) is 1. The van der Waals surface area contributed by atoms with Gasteiger partial charge in [0.05, 0.1) is 0 Å². The van der Waals surface area contributed by atoms with Gasteiger partial charge in [0, 0.05) is 50.2 Å². The van der Waals surface area contributed by atoms with Gasteiger partial charge in [0.2, 0.25) is 5.95 Å². The van der Waals surface area contributed by atoms with Crippen LogP contribution in [0.1, 0.15) is 39.2 Å². The molecule has 0 aliphatic carbocycles. The molecular formula is C16H29N5. The molecule has 0 spiro atoms. The minimum absolute atomic E-state index is 0.481. The zero-order valence-electron chi connectivity index (χ0n) is 13.8. The number of likely N-dealkylation sites (tertiary alicyclic amines) is 1. The summed E-state index contributed by atoms with van der Waals surface area (Å²) < 4.78 is 0. The summed E-state index contributed by atoms with van der Waals surface area (Å²) in [5.41, 5.74) is 1.14. The first kappa shape index (κ1) is 16.2. The maximum Gasteiger partial charge on any atom is 0.225 e. The Bertz CT molecular complexity index is 417. The van der Waals surface area contributed by atoms with Crippen molar-refractivity contribution in [3.05, 3.63) is 18.0 Å². The molecule has 0 bridgehead atoms. The third-order valence-corrected chi connectivity index (χ3v) is 4.14. The second kappa shape index (κ2) is 7.71. The molecule has 0 amide bonds.